The van der Waals surface area contributed by atoms with E-state index in [-0.39, 0.29) is 11.5 Å². The van der Waals surface area contributed by atoms with Gasteiger partial charge in [0.2, 0.25) is 0 Å². The second-order valence-electron chi connectivity index (χ2n) is 6.67. The Balaban J connectivity index is 2.96. The molecular formula is C17H27F2N. The molecule has 1 N–H and O–H groups in total. The summed E-state index contributed by atoms with van der Waals surface area (Å²) in [5.74, 6) is -0.532. The van der Waals surface area contributed by atoms with Crippen molar-refractivity contribution in [2.24, 2.45) is 5.92 Å². The summed E-state index contributed by atoms with van der Waals surface area (Å²) in [6, 6.07) is 3.92. The highest BCUT2D eigenvalue weighted by atomic mass is 19.1. The Bertz CT molecular complexity index is 423. The standard InChI is InChI=1S/C17H27F2N/c1-6-7-12(2)15(11-20-17(3,4)5)14-9-8-13(18)10-16(14)19/h8-10,12,15,20H,6-7,11H2,1-5H3. The predicted molar refractivity (Wildman–Crippen MR) is 80.9 cm³/mol. The molecule has 0 fully saturated rings. The molecule has 0 saturated carbocycles. The molecule has 0 radical (unpaired) electrons. The van der Waals surface area contributed by atoms with E-state index in [1.54, 1.807) is 6.07 Å². The Morgan fingerprint density at radius 1 is 1.20 bits per heavy atom. The normalized spacial score (nSPS) is 15.2. The Labute approximate surface area is 121 Å². The monoisotopic (exact) mass is 283 g/mol. The van der Waals surface area contributed by atoms with Crippen LogP contribution in [0.4, 0.5) is 8.78 Å². The molecule has 114 valence electrons. The van der Waals surface area contributed by atoms with E-state index >= 15 is 0 Å². The van der Waals surface area contributed by atoms with E-state index in [0.29, 0.717) is 18.0 Å². The van der Waals surface area contributed by atoms with Crippen molar-refractivity contribution in [2.45, 2.75) is 58.9 Å². The van der Waals surface area contributed by atoms with Crippen molar-refractivity contribution < 1.29 is 8.78 Å². The fourth-order valence-corrected chi connectivity index (χ4v) is 2.49. The Kier molecular flexibility index (Phi) is 6.12. The van der Waals surface area contributed by atoms with Crippen LogP contribution < -0.4 is 5.32 Å². The molecule has 0 aliphatic heterocycles. The lowest BCUT2D eigenvalue weighted by atomic mass is 9.83. The van der Waals surface area contributed by atoms with Crippen LogP contribution in [0.25, 0.3) is 0 Å². The van der Waals surface area contributed by atoms with Crippen molar-refractivity contribution in [1.82, 2.24) is 5.32 Å². The molecule has 0 amide bonds. The van der Waals surface area contributed by atoms with Gasteiger partial charge in [0.1, 0.15) is 11.6 Å². The zero-order valence-corrected chi connectivity index (χ0v) is 13.3. The molecule has 20 heavy (non-hydrogen) atoms. The van der Waals surface area contributed by atoms with Gasteiger partial charge in [0.05, 0.1) is 0 Å². The molecule has 2 unspecified atom stereocenters. The van der Waals surface area contributed by atoms with Crippen molar-refractivity contribution >= 4 is 0 Å². The van der Waals surface area contributed by atoms with Gasteiger partial charge in [-0.05, 0) is 38.3 Å². The topological polar surface area (TPSA) is 12.0 Å². The molecule has 0 spiro atoms. The van der Waals surface area contributed by atoms with E-state index in [4.69, 9.17) is 0 Å². The molecule has 0 saturated heterocycles. The molecule has 0 aromatic heterocycles. The van der Waals surface area contributed by atoms with Gasteiger partial charge < -0.3 is 5.32 Å². The van der Waals surface area contributed by atoms with Gasteiger partial charge in [0, 0.05) is 24.1 Å². The van der Waals surface area contributed by atoms with E-state index in [1.165, 1.54) is 6.07 Å². The second-order valence-corrected chi connectivity index (χ2v) is 6.67. The third kappa shape index (κ3) is 5.20. The van der Waals surface area contributed by atoms with Crippen LogP contribution >= 0.6 is 0 Å². The number of benzene rings is 1. The van der Waals surface area contributed by atoms with Crippen molar-refractivity contribution in [3.8, 4) is 0 Å². The summed E-state index contributed by atoms with van der Waals surface area (Å²) >= 11 is 0. The van der Waals surface area contributed by atoms with Gasteiger partial charge >= 0.3 is 0 Å². The summed E-state index contributed by atoms with van der Waals surface area (Å²) in [6.07, 6.45) is 2.10. The van der Waals surface area contributed by atoms with Crippen LogP contribution in [0.5, 0.6) is 0 Å². The first kappa shape index (κ1) is 17.1. The number of rotatable bonds is 6. The van der Waals surface area contributed by atoms with Crippen LogP contribution in [-0.4, -0.2) is 12.1 Å². The smallest absolute Gasteiger partial charge is 0.129 e. The third-order valence-corrected chi connectivity index (χ3v) is 3.65. The molecule has 0 aliphatic carbocycles. The van der Waals surface area contributed by atoms with Crippen LogP contribution in [0.2, 0.25) is 0 Å². The molecule has 0 aliphatic rings. The Morgan fingerprint density at radius 2 is 1.85 bits per heavy atom. The Hall–Kier alpha value is -0.960. The lowest BCUT2D eigenvalue weighted by Gasteiger charge is -2.29. The summed E-state index contributed by atoms with van der Waals surface area (Å²) in [5, 5.41) is 3.44. The third-order valence-electron chi connectivity index (χ3n) is 3.65. The summed E-state index contributed by atoms with van der Waals surface area (Å²) in [7, 11) is 0. The largest absolute Gasteiger partial charge is 0.311 e. The molecule has 3 heteroatoms. The summed E-state index contributed by atoms with van der Waals surface area (Å²) in [4.78, 5) is 0. The molecular weight excluding hydrogens is 256 g/mol. The quantitative estimate of drug-likeness (QED) is 0.785. The van der Waals surface area contributed by atoms with Crippen LogP contribution in [0.15, 0.2) is 18.2 Å². The maximum absolute atomic E-state index is 14.1. The van der Waals surface area contributed by atoms with Crippen molar-refractivity contribution in [2.75, 3.05) is 6.54 Å². The first-order valence-electron chi connectivity index (χ1n) is 7.44. The van der Waals surface area contributed by atoms with Crippen LogP contribution in [0.3, 0.4) is 0 Å². The van der Waals surface area contributed by atoms with Crippen LogP contribution in [0, 0.1) is 17.6 Å². The predicted octanol–water partition coefficient (Wildman–Crippen LogP) is 4.87. The molecule has 1 aromatic carbocycles. The average Bonchev–Trinajstić information content (AvgIpc) is 2.30. The highest BCUT2D eigenvalue weighted by Crippen LogP contribution is 2.30. The van der Waals surface area contributed by atoms with E-state index < -0.39 is 11.6 Å². The average molecular weight is 283 g/mol. The zero-order chi connectivity index (χ0) is 15.3. The second kappa shape index (κ2) is 7.16. The minimum atomic E-state index is -0.517. The van der Waals surface area contributed by atoms with E-state index in [1.807, 2.05) is 0 Å². The van der Waals surface area contributed by atoms with Gasteiger partial charge in [-0.2, -0.15) is 0 Å². The minimum absolute atomic E-state index is 0.0132. The fraction of sp³-hybridized carbons (Fsp3) is 0.647. The van der Waals surface area contributed by atoms with Crippen molar-refractivity contribution in [3.05, 3.63) is 35.4 Å². The maximum Gasteiger partial charge on any atom is 0.129 e. The lowest BCUT2D eigenvalue weighted by Crippen LogP contribution is -2.40. The summed E-state index contributed by atoms with van der Waals surface area (Å²) < 4.78 is 27.1. The van der Waals surface area contributed by atoms with Gasteiger partial charge in [-0.25, -0.2) is 8.78 Å². The Morgan fingerprint density at radius 3 is 2.35 bits per heavy atom. The molecule has 1 nitrogen and oxygen atoms in total. The number of hydrogen-bond acceptors (Lipinski definition) is 1. The molecule has 0 bridgehead atoms. The number of halogens is 2. The first-order valence-corrected chi connectivity index (χ1v) is 7.44. The van der Waals surface area contributed by atoms with Crippen LogP contribution in [0.1, 0.15) is 58.9 Å². The molecule has 2 atom stereocenters. The fourth-order valence-electron chi connectivity index (χ4n) is 2.49. The van der Waals surface area contributed by atoms with Gasteiger partial charge in [-0.15, -0.1) is 0 Å². The zero-order valence-electron chi connectivity index (χ0n) is 13.3. The highest BCUT2D eigenvalue weighted by Gasteiger charge is 2.23. The number of hydrogen-bond donors (Lipinski definition) is 1. The van der Waals surface area contributed by atoms with E-state index in [2.05, 4.69) is 39.9 Å². The molecule has 0 heterocycles. The van der Waals surface area contributed by atoms with Crippen LogP contribution in [-0.2, 0) is 0 Å². The van der Waals surface area contributed by atoms with Gasteiger partial charge in [-0.3, -0.25) is 0 Å². The summed E-state index contributed by atoms with van der Waals surface area (Å²) in [5.41, 5.74) is 0.602. The first-order chi connectivity index (χ1) is 9.24. The van der Waals surface area contributed by atoms with E-state index in [9.17, 15) is 8.78 Å². The highest BCUT2D eigenvalue weighted by molar-refractivity contribution is 5.24. The van der Waals surface area contributed by atoms with E-state index in [0.717, 1.165) is 18.9 Å². The summed E-state index contributed by atoms with van der Waals surface area (Å²) in [6.45, 7) is 11.3. The minimum Gasteiger partial charge on any atom is -0.311 e. The lowest BCUT2D eigenvalue weighted by molar-refractivity contribution is 0.342. The maximum atomic E-state index is 14.1. The van der Waals surface area contributed by atoms with Crippen molar-refractivity contribution in [3.63, 3.8) is 0 Å². The SMILES string of the molecule is CCCC(C)C(CNC(C)(C)C)c1ccc(F)cc1F. The van der Waals surface area contributed by atoms with Gasteiger partial charge in [-0.1, -0.05) is 32.8 Å². The molecule has 1 aromatic rings. The van der Waals surface area contributed by atoms with Gasteiger partial charge in [0.25, 0.3) is 0 Å². The molecule has 1 rings (SSSR count). The van der Waals surface area contributed by atoms with Gasteiger partial charge in [0.15, 0.2) is 0 Å². The number of nitrogens with one attached hydrogen (secondary N) is 1. The van der Waals surface area contributed by atoms with Crippen molar-refractivity contribution in [1.29, 1.82) is 0 Å².